The van der Waals surface area contributed by atoms with Crippen molar-refractivity contribution in [3.8, 4) is 5.75 Å². The second-order valence-electron chi connectivity index (χ2n) is 6.18. The first kappa shape index (κ1) is 18.0. The fraction of sp³-hybridized carbons (Fsp3) is 0.316. The maximum atomic E-state index is 14.8. The minimum atomic E-state index is -0.714. The highest BCUT2D eigenvalue weighted by Crippen LogP contribution is 2.35. The minimum absolute atomic E-state index is 0.115. The van der Waals surface area contributed by atoms with E-state index in [9.17, 15) is 14.4 Å². The molecule has 138 valence electrons. The molecule has 2 amide bonds. The predicted octanol–water partition coefficient (Wildman–Crippen LogP) is 3.32. The summed E-state index contributed by atoms with van der Waals surface area (Å²) in [4.78, 5) is 13.6. The standard InChI is InChI=1S/C19H22FN3O3/c1-21-19(24)23(25)15-10-14-6-4-8-22(18(14)17(20)11-15)12-13-5-3-7-16(9-13)26-2/h3,5,7,9-11,25H,4,6,8,12H2,1-2H3,(H,21,24). The molecule has 3 rings (SSSR count). The van der Waals surface area contributed by atoms with E-state index >= 15 is 0 Å². The number of fused-ring (bicyclic) bond motifs is 1. The zero-order chi connectivity index (χ0) is 18.7. The van der Waals surface area contributed by atoms with Crippen molar-refractivity contribution in [3.63, 3.8) is 0 Å². The summed E-state index contributed by atoms with van der Waals surface area (Å²) >= 11 is 0. The van der Waals surface area contributed by atoms with E-state index in [4.69, 9.17) is 4.74 Å². The fourth-order valence-corrected chi connectivity index (χ4v) is 3.25. The molecule has 0 saturated carbocycles. The van der Waals surface area contributed by atoms with Gasteiger partial charge in [-0.3, -0.25) is 5.21 Å². The van der Waals surface area contributed by atoms with E-state index in [1.54, 1.807) is 13.2 Å². The maximum absolute atomic E-state index is 14.8. The molecule has 1 aliphatic heterocycles. The van der Waals surface area contributed by atoms with Gasteiger partial charge >= 0.3 is 6.03 Å². The van der Waals surface area contributed by atoms with Crippen LogP contribution in [0, 0.1) is 5.82 Å². The molecule has 26 heavy (non-hydrogen) atoms. The summed E-state index contributed by atoms with van der Waals surface area (Å²) in [5, 5.41) is 12.6. The van der Waals surface area contributed by atoms with Gasteiger partial charge in [-0.05, 0) is 42.2 Å². The van der Waals surface area contributed by atoms with Crippen LogP contribution >= 0.6 is 0 Å². The summed E-state index contributed by atoms with van der Waals surface area (Å²) in [6, 6.07) is 9.81. The Morgan fingerprint density at radius 1 is 1.38 bits per heavy atom. The number of methoxy groups -OCH3 is 1. The molecule has 2 aromatic rings. The highest BCUT2D eigenvalue weighted by molar-refractivity contribution is 5.89. The van der Waals surface area contributed by atoms with Gasteiger partial charge in [-0.25, -0.2) is 9.18 Å². The van der Waals surface area contributed by atoms with Crippen LogP contribution in [0.3, 0.4) is 0 Å². The number of rotatable bonds is 4. The number of hydrogen-bond acceptors (Lipinski definition) is 4. The average Bonchev–Trinajstić information content (AvgIpc) is 2.66. The molecule has 1 aliphatic rings. The van der Waals surface area contributed by atoms with Crippen molar-refractivity contribution < 1.29 is 19.1 Å². The van der Waals surface area contributed by atoms with Crippen molar-refractivity contribution in [2.45, 2.75) is 19.4 Å². The number of carbonyl (C=O) groups is 1. The summed E-state index contributed by atoms with van der Waals surface area (Å²) in [5.74, 6) is 0.306. The molecule has 7 heteroatoms. The van der Waals surface area contributed by atoms with E-state index in [0.717, 1.165) is 29.8 Å². The number of urea groups is 1. The highest BCUT2D eigenvalue weighted by Gasteiger charge is 2.24. The van der Waals surface area contributed by atoms with Gasteiger partial charge in [-0.1, -0.05) is 12.1 Å². The van der Waals surface area contributed by atoms with Crippen molar-refractivity contribution >= 4 is 17.4 Å². The lowest BCUT2D eigenvalue weighted by Crippen LogP contribution is -2.36. The molecule has 6 nitrogen and oxygen atoms in total. The van der Waals surface area contributed by atoms with Gasteiger partial charge < -0.3 is 15.0 Å². The third-order valence-corrected chi connectivity index (χ3v) is 4.48. The molecule has 1 heterocycles. The van der Waals surface area contributed by atoms with Crippen molar-refractivity contribution in [2.75, 3.05) is 30.7 Å². The summed E-state index contributed by atoms with van der Waals surface area (Å²) < 4.78 is 20.1. The van der Waals surface area contributed by atoms with Crippen LogP contribution in [0.4, 0.5) is 20.6 Å². The lowest BCUT2D eigenvalue weighted by Gasteiger charge is -2.32. The summed E-state index contributed by atoms with van der Waals surface area (Å²) in [5.41, 5.74) is 2.43. The molecular weight excluding hydrogens is 337 g/mol. The summed E-state index contributed by atoms with van der Waals surface area (Å²) in [6.07, 6.45) is 1.56. The first-order valence-corrected chi connectivity index (χ1v) is 8.44. The van der Waals surface area contributed by atoms with Gasteiger partial charge in [0.1, 0.15) is 11.6 Å². The van der Waals surface area contributed by atoms with Gasteiger partial charge in [0.25, 0.3) is 0 Å². The Morgan fingerprint density at radius 3 is 2.92 bits per heavy atom. The van der Waals surface area contributed by atoms with Crippen molar-refractivity contribution in [2.24, 2.45) is 0 Å². The minimum Gasteiger partial charge on any atom is -0.497 e. The second-order valence-corrected chi connectivity index (χ2v) is 6.18. The van der Waals surface area contributed by atoms with Crippen LogP contribution in [0.1, 0.15) is 17.5 Å². The van der Waals surface area contributed by atoms with Gasteiger partial charge in [0.2, 0.25) is 0 Å². The number of ether oxygens (including phenoxy) is 1. The zero-order valence-electron chi connectivity index (χ0n) is 14.8. The second kappa shape index (κ2) is 7.61. The molecule has 0 atom stereocenters. The van der Waals surface area contributed by atoms with Crippen molar-refractivity contribution in [1.29, 1.82) is 0 Å². The number of nitrogens with one attached hydrogen (secondary N) is 1. The van der Waals surface area contributed by atoms with Crippen LogP contribution in [0.2, 0.25) is 0 Å². The average molecular weight is 359 g/mol. The van der Waals surface area contributed by atoms with E-state index < -0.39 is 11.8 Å². The third-order valence-electron chi connectivity index (χ3n) is 4.48. The summed E-state index contributed by atoms with van der Waals surface area (Å²) in [6.45, 7) is 1.29. The lowest BCUT2D eigenvalue weighted by atomic mass is 9.99. The Hall–Kier alpha value is -2.80. The Morgan fingerprint density at radius 2 is 2.19 bits per heavy atom. The number of aryl methyl sites for hydroxylation is 1. The fourth-order valence-electron chi connectivity index (χ4n) is 3.25. The number of hydroxylamine groups is 1. The first-order valence-electron chi connectivity index (χ1n) is 8.44. The van der Waals surface area contributed by atoms with Gasteiger partial charge in [0.05, 0.1) is 18.5 Å². The Kier molecular flexibility index (Phi) is 5.27. The molecule has 0 bridgehead atoms. The molecule has 0 fully saturated rings. The largest absolute Gasteiger partial charge is 0.497 e. The van der Waals surface area contributed by atoms with Crippen LogP contribution in [0.25, 0.3) is 0 Å². The van der Waals surface area contributed by atoms with Gasteiger partial charge in [0.15, 0.2) is 0 Å². The molecule has 2 aromatic carbocycles. The van der Waals surface area contributed by atoms with Gasteiger partial charge in [-0.2, -0.15) is 5.06 Å². The molecule has 0 radical (unpaired) electrons. The van der Waals surface area contributed by atoms with Gasteiger partial charge in [0, 0.05) is 26.2 Å². The van der Waals surface area contributed by atoms with Crippen molar-refractivity contribution in [1.82, 2.24) is 5.32 Å². The molecule has 2 N–H and O–H groups in total. The number of carbonyl (C=O) groups excluding carboxylic acids is 1. The van der Waals surface area contributed by atoms with E-state index in [-0.39, 0.29) is 5.69 Å². The van der Waals surface area contributed by atoms with Crippen molar-refractivity contribution in [3.05, 3.63) is 53.3 Å². The monoisotopic (exact) mass is 359 g/mol. The highest BCUT2D eigenvalue weighted by atomic mass is 19.1. The Labute approximate surface area is 151 Å². The number of benzene rings is 2. The number of nitrogens with zero attached hydrogens (tertiary/aromatic N) is 2. The number of anilines is 2. The number of hydrogen-bond donors (Lipinski definition) is 2. The topological polar surface area (TPSA) is 65.0 Å². The van der Waals surface area contributed by atoms with Crippen LogP contribution in [0.15, 0.2) is 36.4 Å². The Bertz CT molecular complexity index is 813. The van der Waals surface area contributed by atoms with E-state index in [1.807, 2.05) is 29.2 Å². The van der Waals surface area contributed by atoms with Crippen LogP contribution in [-0.4, -0.2) is 31.9 Å². The molecule has 0 saturated heterocycles. The quantitative estimate of drug-likeness (QED) is 0.649. The van der Waals surface area contributed by atoms with Gasteiger partial charge in [-0.15, -0.1) is 0 Å². The zero-order valence-corrected chi connectivity index (χ0v) is 14.8. The van der Waals surface area contributed by atoms with E-state index in [2.05, 4.69) is 5.32 Å². The van der Waals surface area contributed by atoms with Crippen LogP contribution in [0.5, 0.6) is 5.75 Å². The smallest absolute Gasteiger partial charge is 0.345 e. The van der Waals surface area contributed by atoms with Crippen LogP contribution < -0.4 is 20.0 Å². The van der Waals surface area contributed by atoms with E-state index in [1.165, 1.54) is 13.1 Å². The number of halogens is 1. The van der Waals surface area contributed by atoms with E-state index in [0.29, 0.717) is 23.7 Å². The Balaban J connectivity index is 1.90. The lowest BCUT2D eigenvalue weighted by molar-refractivity contribution is 0.206. The molecule has 0 spiro atoms. The molecule has 0 aromatic heterocycles. The third kappa shape index (κ3) is 3.57. The predicted molar refractivity (Wildman–Crippen MR) is 97.5 cm³/mol. The van der Waals surface area contributed by atoms with Crippen LogP contribution in [-0.2, 0) is 13.0 Å². The molecular formula is C19H22FN3O3. The molecule has 0 unspecified atom stereocenters. The SMILES string of the molecule is CNC(=O)N(O)c1cc(F)c2c(c1)CCCN2Cc1cccc(OC)c1. The maximum Gasteiger partial charge on any atom is 0.345 e. The normalized spacial score (nSPS) is 13.2. The molecule has 0 aliphatic carbocycles. The summed E-state index contributed by atoms with van der Waals surface area (Å²) in [7, 11) is 3.01. The first-order chi connectivity index (χ1) is 12.5. The number of amides is 2.